The van der Waals surface area contributed by atoms with Gasteiger partial charge in [0.1, 0.15) is 12.0 Å². The van der Waals surface area contributed by atoms with Gasteiger partial charge >= 0.3 is 11.9 Å². The van der Waals surface area contributed by atoms with Gasteiger partial charge in [-0.05, 0) is 19.3 Å². The number of carbonyl (C=O) groups is 3. The highest BCUT2D eigenvalue weighted by atomic mass is 16.5. The molecule has 6 nitrogen and oxygen atoms in total. The molecule has 0 aromatic rings. The van der Waals surface area contributed by atoms with Crippen LogP contribution in [0, 0.1) is 0 Å². The fourth-order valence-electron chi connectivity index (χ4n) is 1.62. The number of rotatable bonds is 4. The first-order chi connectivity index (χ1) is 7.54. The zero-order valence-corrected chi connectivity index (χ0v) is 9.37. The minimum absolute atomic E-state index is 0.380. The maximum atomic E-state index is 11.5. The lowest BCUT2D eigenvalue weighted by Gasteiger charge is -2.39. The molecule has 1 amide bonds. The average Bonchev–Trinajstić information content (AvgIpc) is 2.22. The Bertz CT molecular complexity index is 308. The largest absolute Gasteiger partial charge is 0.469 e. The second-order valence-electron chi connectivity index (χ2n) is 3.73. The van der Waals surface area contributed by atoms with Crippen LogP contribution < -0.4 is 5.32 Å². The summed E-state index contributed by atoms with van der Waals surface area (Å²) in [6.45, 7) is 0. The predicted molar refractivity (Wildman–Crippen MR) is 53.4 cm³/mol. The molecule has 1 saturated carbocycles. The lowest BCUT2D eigenvalue weighted by atomic mass is 9.76. The molecule has 0 heterocycles. The summed E-state index contributed by atoms with van der Waals surface area (Å²) in [4.78, 5) is 33.7. The van der Waals surface area contributed by atoms with E-state index < -0.39 is 23.4 Å². The summed E-state index contributed by atoms with van der Waals surface area (Å²) in [5.74, 6) is -1.61. The number of ether oxygens (including phenoxy) is 2. The van der Waals surface area contributed by atoms with Crippen LogP contribution >= 0.6 is 0 Å². The first-order valence-corrected chi connectivity index (χ1v) is 5.00. The highest BCUT2D eigenvalue weighted by Gasteiger charge is 2.46. The molecule has 16 heavy (non-hydrogen) atoms. The van der Waals surface area contributed by atoms with Crippen molar-refractivity contribution in [3.05, 3.63) is 0 Å². The third kappa shape index (κ3) is 2.50. The lowest BCUT2D eigenvalue weighted by Crippen LogP contribution is -2.59. The van der Waals surface area contributed by atoms with Crippen molar-refractivity contribution >= 4 is 17.8 Å². The summed E-state index contributed by atoms with van der Waals surface area (Å²) in [7, 11) is 2.48. The van der Waals surface area contributed by atoms with E-state index in [1.807, 2.05) is 0 Å². The molecular weight excluding hydrogens is 214 g/mol. The predicted octanol–water partition coefficient (Wildman–Crippen LogP) is -0.239. The van der Waals surface area contributed by atoms with Crippen molar-refractivity contribution < 1.29 is 23.9 Å². The van der Waals surface area contributed by atoms with E-state index in [-0.39, 0.29) is 6.42 Å². The van der Waals surface area contributed by atoms with Gasteiger partial charge in [-0.2, -0.15) is 0 Å². The SMILES string of the molecule is COC(=O)CC(=O)NC1(C(=O)OC)CCC1. The van der Waals surface area contributed by atoms with E-state index in [1.54, 1.807) is 0 Å². The first-order valence-electron chi connectivity index (χ1n) is 5.00. The number of nitrogens with one attached hydrogen (secondary N) is 1. The fraction of sp³-hybridized carbons (Fsp3) is 0.700. The highest BCUT2D eigenvalue weighted by molar-refractivity contribution is 5.97. The van der Waals surface area contributed by atoms with Crippen molar-refractivity contribution in [2.24, 2.45) is 0 Å². The molecule has 0 saturated heterocycles. The van der Waals surface area contributed by atoms with Crippen LogP contribution in [0.3, 0.4) is 0 Å². The molecule has 0 radical (unpaired) electrons. The molecule has 0 aromatic heterocycles. The molecular formula is C10H15NO5. The molecule has 1 N–H and O–H groups in total. The zero-order chi connectivity index (χ0) is 12.2. The van der Waals surface area contributed by atoms with E-state index in [4.69, 9.17) is 0 Å². The van der Waals surface area contributed by atoms with Gasteiger partial charge in [-0.15, -0.1) is 0 Å². The minimum atomic E-state index is -0.931. The van der Waals surface area contributed by atoms with Gasteiger partial charge in [0.15, 0.2) is 0 Å². The van der Waals surface area contributed by atoms with E-state index in [0.717, 1.165) is 6.42 Å². The summed E-state index contributed by atoms with van der Waals surface area (Å²) < 4.78 is 8.98. The Kier molecular flexibility index (Phi) is 3.87. The van der Waals surface area contributed by atoms with Gasteiger partial charge in [0.2, 0.25) is 5.91 Å². The first kappa shape index (κ1) is 12.5. The molecule has 0 bridgehead atoms. The number of methoxy groups -OCH3 is 2. The van der Waals surface area contributed by atoms with Crippen LogP contribution in [-0.4, -0.2) is 37.6 Å². The van der Waals surface area contributed by atoms with Gasteiger partial charge in [-0.3, -0.25) is 9.59 Å². The van der Waals surface area contributed by atoms with Crippen molar-refractivity contribution in [3.63, 3.8) is 0 Å². The summed E-state index contributed by atoms with van der Waals surface area (Å²) in [6, 6.07) is 0. The molecule has 1 rings (SSSR count). The van der Waals surface area contributed by atoms with Gasteiger partial charge in [0.25, 0.3) is 0 Å². The van der Waals surface area contributed by atoms with Crippen molar-refractivity contribution in [1.29, 1.82) is 0 Å². The van der Waals surface area contributed by atoms with Crippen molar-refractivity contribution in [2.45, 2.75) is 31.2 Å². The molecule has 1 aliphatic carbocycles. The monoisotopic (exact) mass is 229 g/mol. The Labute approximate surface area is 93.3 Å². The van der Waals surface area contributed by atoms with E-state index in [2.05, 4.69) is 14.8 Å². The van der Waals surface area contributed by atoms with Crippen LogP contribution in [0.15, 0.2) is 0 Å². The Morgan fingerprint density at radius 2 is 1.81 bits per heavy atom. The van der Waals surface area contributed by atoms with Crippen molar-refractivity contribution in [2.75, 3.05) is 14.2 Å². The Hall–Kier alpha value is -1.59. The Morgan fingerprint density at radius 1 is 1.19 bits per heavy atom. The number of hydrogen-bond acceptors (Lipinski definition) is 5. The van der Waals surface area contributed by atoms with Gasteiger partial charge in [-0.1, -0.05) is 0 Å². The maximum absolute atomic E-state index is 11.5. The lowest BCUT2D eigenvalue weighted by molar-refractivity contribution is -0.156. The summed E-state index contributed by atoms with van der Waals surface area (Å²) in [5, 5.41) is 2.53. The fourth-order valence-corrected chi connectivity index (χ4v) is 1.62. The van der Waals surface area contributed by atoms with E-state index >= 15 is 0 Å². The van der Waals surface area contributed by atoms with Gasteiger partial charge < -0.3 is 14.8 Å². The number of amides is 1. The normalized spacial score (nSPS) is 16.9. The topological polar surface area (TPSA) is 81.7 Å². The molecule has 6 heteroatoms. The number of carbonyl (C=O) groups excluding carboxylic acids is 3. The Morgan fingerprint density at radius 3 is 2.19 bits per heavy atom. The van der Waals surface area contributed by atoms with Gasteiger partial charge in [0.05, 0.1) is 14.2 Å². The molecule has 1 fully saturated rings. The van der Waals surface area contributed by atoms with Crippen LogP contribution in [0.1, 0.15) is 25.7 Å². The minimum Gasteiger partial charge on any atom is -0.469 e. The highest BCUT2D eigenvalue weighted by Crippen LogP contribution is 2.32. The van der Waals surface area contributed by atoms with E-state index in [0.29, 0.717) is 12.8 Å². The van der Waals surface area contributed by atoms with Crippen LogP contribution in [0.4, 0.5) is 0 Å². The second kappa shape index (κ2) is 4.96. The molecule has 90 valence electrons. The van der Waals surface area contributed by atoms with Crippen LogP contribution in [-0.2, 0) is 23.9 Å². The van der Waals surface area contributed by atoms with Crippen LogP contribution in [0.2, 0.25) is 0 Å². The maximum Gasteiger partial charge on any atom is 0.331 e. The summed E-state index contributed by atoms with van der Waals surface area (Å²) in [6.07, 6.45) is 1.57. The van der Waals surface area contributed by atoms with Gasteiger partial charge in [0, 0.05) is 0 Å². The summed E-state index contributed by atoms with van der Waals surface area (Å²) in [5.41, 5.74) is -0.931. The molecule has 0 aliphatic heterocycles. The molecule has 0 unspecified atom stereocenters. The molecule has 0 spiro atoms. The van der Waals surface area contributed by atoms with E-state index in [1.165, 1.54) is 14.2 Å². The molecule has 1 aliphatic rings. The third-order valence-corrected chi connectivity index (χ3v) is 2.69. The summed E-state index contributed by atoms with van der Waals surface area (Å²) >= 11 is 0. The zero-order valence-electron chi connectivity index (χ0n) is 9.37. The number of esters is 2. The number of hydrogen-bond donors (Lipinski definition) is 1. The Balaban J connectivity index is 2.54. The quantitative estimate of drug-likeness (QED) is 0.531. The van der Waals surface area contributed by atoms with Crippen LogP contribution in [0.5, 0.6) is 0 Å². The standard InChI is InChI=1S/C10H15NO5/c1-15-8(13)6-7(12)11-10(4-3-5-10)9(14)16-2/h3-6H2,1-2H3,(H,11,12). The molecule has 0 aromatic carbocycles. The smallest absolute Gasteiger partial charge is 0.331 e. The molecule has 0 atom stereocenters. The van der Waals surface area contributed by atoms with Crippen LogP contribution in [0.25, 0.3) is 0 Å². The third-order valence-electron chi connectivity index (χ3n) is 2.69. The average molecular weight is 229 g/mol. The van der Waals surface area contributed by atoms with Crippen molar-refractivity contribution in [1.82, 2.24) is 5.32 Å². The second-order valence-corrected chi connectivity index (χ2v) is 3.73. The van der Waals surface area contributed by atoms with Crippen molar-refractivity contribution in [3.8, 4) is 0 Å². The van der Waals surface area contributed by atoms with E-state index in [9.17, 15) is 14.4 Å². The van der Waals surface area contributed by atoms with Gasteiger partial charge in [-0.25, -0.2) is 4.79 Å².